The van der Waals surface area contributed by atoms with Crippen LogP contribution in [0.3, 0.4) is 0 Å². The van der Waals surface area contributed by atoms with Crippen molar-refractivity contribution < 1.29 is 14.4 Å². The lowest BCUT2D eigenvalue weighted by molar-refractivity contribution is 0.0824. The van der Waals surface area contributed by atoms with Crippen molar-refractivity contribution in [3.63, 3.8) is 0 Å². The molecule has 0 spiro atoms. The monoisotopic (exact) mass is 300 g/mol. The van der Waals surface area contributed by atoms with Gasteiger partial charge in [-0.1, -0.05) is 35.5 Å². The van der Waals surface area contributed by atoms with Gasteiger partial charge in [-0.15, -0.1) is 0 Å². The number of carbonyl (C=O) groups excluding carboxylic acids is 1. The maximum Gasteiger partial charge on any atom is 0.273 e. The largest absolute Gasteiger partial charge is 0.393 e. The van der Waals surface area contributed by atoms with Crippen LogP contribution in [0.1, 0.15) is 36.7 Å². The highest BCUT2D eigenvalue weighted by molar-refractivity contribution is 5.93. The Hall–Kier alpha value is -2.14. The first kappa shape index (κ1) is 14.8. The molecule has 0 radical (unpaired) electrons. The molecule has 116 valence electrons. The van der Waals surface area contributed by atoms with Gasteiger partial charge in [0.15, 0.2) is 11.5 Å². The van der Waals surface area contributed by atoms with Gasteiger partial charge in [0.1, 0.15) is 0 Å². The summed E-state index contributed by atoms with van der Waals surface area (Å²) in [6.07, 6.45) is 2.36. The van der Waals surface area contributed by atoms with Crippen molar-refractivity contribution in [3.8, 4) is 11.3 Å². The van der Waals surface area contributed by atoms with Gasteiger partial charge < -0.3 is 14.9 Å². The normalized spacial score (nSPS) is 21.9. The third-order valence-corrected chi connectivity index (χ3v) is 4.05. The maximum absolute atomic E-state index is 12.1. The van der Waals surface area contributed by atoms with Gasteiger partial charge in [0.05, 0.1) is 6.10 Å². The Morgan fingerprint density at radius 2 is 2.14 bits per heavy atom. The zero-order valence-corrected chi connectivity index (χ0v) is 12.5. The summed E-state index contributed by atoms with van der Waals surface area (Å²) in [6.45, 7) is 1.80. The molecule has 1 fully saturated rings. The molecule has 1 aliphatic rings. The Morgan fingerprint density at radius 3 is 2.82 bits per heavy atom. The van der Waals surface area contributed by atoms with Crippen molar-refractivity contribution in [3.05, 3.63) is 42.1 Å². The number of hydrogen-bond donors (Lipinski definition) is 2. The Labute approximate surface area is 129 Å². The fourth-order valence-electron chi connectivity index (χ4n) is 2.91. The number of hydrogen-bond acceptors (Lipinski definition) is 4. The highest BCUT2D eigenvalue weighted by Gasteiger charge is 2.31. The third kappa shape index (κ3) is 3.36. The quantitative estimate of drug-likeness (QED) is 0.890. The van der Waals surface area contributed by atoms with E-state index in [1.807, 2.05) is 30.3 Å². The standard InChI is InChI=1S/C17H20N2O3/c1-11(20)7-12-8-14(9-12)18-17(21)15-10-16(22-19-15)13-5-3-2-4-6-13/h2-6,10-12,14,20H,7-9H2,1H3,(H,18,21)/t11-,12?,14?/m1/s1. The van der Waals surface area contributed by atoms with Crippen molar-refractivity contribution in [2.24, 2.45) is 5.92 Å². The summed E-state index contributed by atoms with van der Waals surface area (Å²) in [5.74, 6) is 0.889. The van der Waals surface area contributed by atoms with Crippen LogP contribution in [0, 0.1) is 5.92 Å². The first-order valence-electron chi connectivity index (χ1n) is 7.63. The van der Waals surface area contributed by atoms with Crippen molar-refractivity contribution in [1.82, 2.24) is 10.5 Å². The molecule has 0 aliphatic heterocycles. The predicted molar refractivity (Wildman–Crippen MR) is 82.2 cm³/mol. The van der Waals surface area contributed by atoms with Gasteiger partial charge in [0.2, 0.25) is 0 Å². The van der Waals surface area contributed by atoms with Crippen LogP contribution >= 0.6 is 0 Å². The van der Waals surface area contributed by atoms with Gasteiger partial charge in [-0.2, -0.15) is 0 Å². The first-order valence-corrected chi connectivity index (χ1v) is 7.63. The molecular weight excluding hydrogens is 280 g/mol. The number of nitrogens with zero attached hydrogens (tertiary/aromatic N) is 1. The Kier molecular flexibility index (Phi) is 4.24. The molecule has 0 unspecified atom stereocenters. The molecule has 22 heavy (non-hydrogen) atoms. The minimum atomic E-state index is -0.273. The van der Waals surface area contributed by atoms with Gasteiger partial charge >= 0.3 is 0 Å². The molecule has 1 aromatic carbocycles. The minimum absolute atomic E-state index is 0.174. The van der Waals surface area contributed by atoms with Crippen LogP contribution in [-0.2, 0) is 0 Å². The van der Waals surface area contributed by atoms with Gasteiger partial charge in [0, 0.05) is 17.7 Å². The third-order valence-electron chi connectivity index (χ3n) is 4.05. The zero-order valence-electron chi connectivity index (χ0n) is 12.5. The number of rotatable bonds is 5. The fraction of sp³-hybridized carbons (Fsp3) is 0.412. The summed E-state index contributed by atoms with van der Waals surface area (Å²) in [6, 6.07) is 11.4. The lowest BCUT2D eigenvalue weighted by atomic mass is 9.77. The zero-order chi connectivity index (χ0) is 15.5. The molecular formula is C17H20N2O3. The second-order valence-corrected chi connectivity index (χ2v) is 6.03. The molecule has 5 nitrogen and oxygen atoms in total. The highest BCUT2D eigenvalue weighted by Crippen LogP contribution is 2.31. The highest BCUT2D eigenvalue weighted by atomic mass is 16.5. The molecule has 1 amide bonds. The second-order valence-electron chi connectivity index (χ2n) is 6.03. The fourth-order valence-corrected chi connectivity index (χ4v) is 2.91. The van der Waals surface area contributed by atoms with E-state index in [0.717, 1.165) is 24.8 Å². The number of aliphatic hydroxyl groups is 1. The average molecular weight is 300 g/mol. The Morgan fingerprint density at radius 1 is 1.41 bits per heavy atom. The maximum atomic E-state index is 12.1. The summed E-state index contributed by atoms with van der Waals surface area (Å²) in [4.78, 5) is 12.1. The van der Waals surface area contributed by atoms with Gasteiger partial charge in [0.25, 0.3) is 5.91 Å². The lowest BCUT2D eigenvalue weighted by Gasteiger charge is -2.36. The van der Waals surface area contributed by atoms with Crippen molar-refractivity contribution in [2.75, 3.05) is 0 Å². The average Bonchev–Trinajstić information content (AvgIpc) is 2.95. The summed E-state index contributed by atoms with van der Waals surface area (Å²) in [5, 5.41) is 16.1. The molecule has 1 atom stereocenters. The Bertz CT molecular complexity index is 630. The van der Waals surface area contributed by atoms with Gasteiger partial charge in [-0.3, -0.25) is 4.79 Å². The van der Waals surface area contributed by atoms with E-state index in [2.05, 4.69) is 10.5 Å². The van der Waals surface area contributed by atoms with E-state index in [-0.39, 0.29) is 18.1 Å². The van der Waals surface area contributed by atoms with Crippen LogP contribution < -0.4 is 5.32 Å². The number of amides is 1. The molecule has 0 bridgehead atoms. The van der Waals surface area contributed by atoms with Crippen molar-refractivity contribution in [1.29, 1.82) is 0 Å². The van der Waals surface area contributed by atoms with Crippen LogP contribution in [-0.4, -0.2) is 28.3 Å². The van der Waals surface area contributed by atoms with E-state index in [1.165, 1.54) is 0 Å². The molecule has 1 aliphatic carbocycles. The van der Waals surface area contributed by atoms with E-state index >= 15 is 0 Å². The summed E-state index contributed by atoms with van der Waals surface area (Å²) >= 11 is 0. The lowest BCUT2D eigenvalue weighted by Crippen LogP contribution is -2.45. The Balaban J connectivity index is 1.55. The number of nitrogens with one attached hydrogen (secondary N) is 1. The molecule has 3 rings (SSSR count). The second kappa shape index (κ2) is 6.32. The van der Waals surface area contributed by atoms with E-state index < -0.39 is 0 Å². The van der Waals surface area contributed by atoms with Gasteiger partial charge in [-0.25, -0.2) is 0 Å². The van der Waals surface area contributed by atoms with Crippen molar-refractivity contribution >= 4 is 5.91 Å². The molecule has 1 saturated carbocycles. The first-order chi connectivity index (χ1) is 10.6. The number of aliphatic hydroxyl groups excluding tert-OH is 1. The summed E-state index contributed by atoms with van der Waals surface area (Å²) in [5.41, 5.74) is 1.20. The molecule has 5 heteroatoms. The molecule has 1 aromatic heterocycles. The minimum Gasteiger partial charge on any atom is -0.393 e. The van der Waals surface area contributed by atoms with E-state index in [0.29, 0.717) is 17.4 Å². The van der Waals surface area contributed by atoms with Crippen LogP contribution in [0.5, 0.6) is 0 Å². The smallest absolute Gasteiger partial charge is 0.273 e. The summed E-state index contributed by atoms with van der Waals surface area (Å²) < 4.78 is 5.23. The van der Waals surface area contributed by atoms with Crippen LogP contribution in [0.25, 0.3) is 11.3 Å². The van der Waals surface area contributed by atoms with E-state index in [1.54, 1.807) is 13.0 Å². The summed E-state index contributed by atoms with van der Waals surface area (Å²) in [7, 11) is 0. The number of carbonyl (C=O) groups is 1. The topological polar surface area (TPSA) is 75.4 Å². The SMILES string of the molecule is C[C@@H](O)CC1CC(NC(=O)c2cc(-c3ccccc3)on2)C1. The van der Waals surface area contributed by atoms with Crippen LogP contribution in [0.15, 0.2) is 40.9 Å². The van der Waals surface area contributed by atoms with E-state index in [4.69, 9.17) is 4.52 Å². The molecule has 2 aromatic rings. The van der Waals surface area contributed by atoms with Gasteiger partial charge in [-0.05, 0) is 32.1 Å². The van der Waals surface area contributed by atoms with Crippen LogP contribution in [0.2, 0.25) is 0 Å². The van der Waals surface area contributed by atoms with Crippen LogP contribution in [0.4, 0.5) is 0 Å². The molecule has 1 heterocycles. The molecule has 2 N–H and O–H groups in total. The predicted octanol–water partition coefficient (Wildman–Crippen LogP) is 2.62. The number of aromatic nitrogens is 1. The molecule has 0 saturated heterocycles. The van der Waals surface area contributed by atoms with Crippen molar-refractivity contribution in [2.45, 2.75) is 38.3 Å². The van der Waals surface area contributed by atoms with E-state index in [9.17, 15) is 9.90 Å². The number of benzene rings is 1.